The highest BCUT2D eigenvalue weighted by molar-refractivity contribution is 5.75. The number of aromatic nitrogens is 2. The maximum atomic E-state index is 12.2. The number of hydrogen-bond donors (Lipinski definition) is 4. The highest BCUT2D eigenvalue weighted by Crippen LogP contribution is 2.38. The molecule has 0 spiro atoms. The number of aliphatic hydroxyl groups excluding tert-OH is 2. The van der Waals surface area contributed by atoms with Crippen LogP contribution in [0.3, 0.4) is 0 Å². The summed E-state index contributed by atoms with van der Waals surface area (Å²) in [6.07, 6.45) is 16.7. The van der Waals surface area contributed by atoms with E-state index in [9.17, 15) is 24.6 Å². The van der Waals surface area contributed by atoms with Crippen LogP contribution < -0.4 is 16.6 Å². The summed E-state index contributed by atoms with van der Waals surface area (Å²) < 4.78 is 7.15. The lowest BCUT2D eigenvalue weighted by atomic mass is 9.93. The molecule has 37 heavy (non-hydrogen) atoms. The molecule has 1 amide bonds. The van der Waals surface area contributed by atoms with Gasteiger partial charge in [-0.25, -0.2) is 4.79 Å². The zero-order valence-corrected chi connectivity index (χ0v) is 22.9. The van der Waals surface area contributed by atoms with E-state index in [1.165, 1.54) is 75.0 Å². The number of aromatic amines is 1. The number of H-pyrrole nitrogens is 1. The Morgan fingerprint density at radius 1 is 1.05 bits per heavy atom. The molecule has 3 atom stereocenters. The fourth-order valence-electron chi connectivity index (χ4n) is 5.03. The van der Waals surface area contributed by atoms with Gasteiger partial charge in [-0.15, -0.1) is 0 Å². The number of rotatable bonds is 19. The van der Waals surface area contributed by atoms with Crippen molar-refractivity contribution in [3.8, 4) is 0 Å². The van der Waals surface area contributed by atoms with Gasteiger partial charge < -0.3 is 20.3 Å². The summed E-state index contributed by atoms with van der Waals surface area (Å²) in [5.41, 5.74) is -2.04. The lowest BCUT2D eigenvalue weighted by Gasteiger charge is -2.30. The van der Waals surface area contributed by atoms with Crippen LogP contribution in [0.2, 0.25) is 0 Å². The molecule has 212 valence electrons. The van der Waals surface area contributed by atoms with E-state index < -0.39 is 35.8 Å². The van der Waals surface area contributed by atoms with Gasteiger partial charge in [-0.1, -0.05) is 84.0 Å². The van der Waals surface area contributed by atoms with Crippen LogP contribution in [0.1, 0.15) is 121 Å². The van der Waals surface area contributed by atoms with Crippen molar-refractivity contribution in [2.45, 2.75) is 135 Å². The van der Waals surface area contributed by atoms with E-state index in [0.29, 0.717) is 12.0 Å². The average Bonchev–Trinajstić information content (AvgIpc) is 3.20. The normalized spacial score (nSPS) is 21.4. The maximum Gasteiger partial charge on any atom is 0.330 e. The molecular formula is C28H49N3O6. The molecule has 0 aromatic carbocycles. The van der Waals surface area contributed by atoms with Gasteiger partial charge in [0, 0.05) is 31.1 Å². The number of unbranched alkanes of at least 4 members (excludes halogenated alkanes) is 12. The second-order valence-electron chi connectivity index (χ2n) is 10.6. The Hall–Kier alpha value is -1.97. The van der Waals surface area contributed by atoms with E-state index in [1.54, 1.807) is 6.92 Å². The molecule has 1 aliphatic heterocycles. The van der Waals surface area contributed by atoms with E-state index in [2.05, 4.69) is 17.2 Å². The van der Waals surface area contributed by atoms with Gasteiger partial charge in [0.05, 0.1) is 12.7 Å². The Morgan fingerprint density at radius 3 is 2.19 bits per heavy atom. The molecule has 1 aromatic heterocycles. The van der Waals surface area contributed by atoms with Gasteiger partial charge in [0.2, 0.25) is 5.91 Å². The average molecular weight is 524 g/mol. The van der Waals surface area contributed by atoms with Crippen molar-refractivity contribution in [1.29, 1.82) is 0 Å². The molecule has 1 aliphatic rings. The summed E-state index contributed by atoms with van der Waals surface area (Å²) in [4.78, 5) is 38.3. The molecule has 2 rings (SSSR count). The fourth-order valence-corrected chi connectivity index (χ4v) is 5.03. The molecular weight excluding hydrogens is 474 g/mol. The van der Waals surface area contributed by atoms with Gasteiger partial charge in [-0.2, -0.15) is 0 Å². The molecule has 1 fully saturated rings. The topological polar surface area (TPSA) is 134 Å². The first-order valence-electron chi connectivity index (χ1n) is 14.4. The fraction of sp³-hybridized carbons (Fsp3) is 0.821. The molecule has 1 saturated heterocycles. The van der Waals surface area contributed by atoms with Crippen molar-refractivity contribution < 1.29 is 19.7 Å². The zero-order valence-electron chi connectivity index (χ0n) is 22.9. The summed E-state index contributed by atoms with van der Waals surface area (Å²) in [7, 11) is 0. The van der Waals surface area contributed by atoms with Crippen LogP contribution in [0, 0.1) is 6.92 Å². The first kappa shape index (κ1) is 31.2. The van der Waals surface area contributed by atoms with E-state index in [-0.39, 0.29) is 25.3 Å². The number of carbonyl (C=O) groups excluding carboxylic acids is 1. The largest absolute Gasteiger partial charge is 0.393 e. The summed E-state index contributed by atoms with van der Waals surface area (Å²) >= 11 is 0. The molecule has 1 aromatic rings. The minimum Gasteiger partial charge on any atom is -0.393 e. The summed E-state index contributed by atoms with van der Waals surface area (Å²) in [6.45, 7) is 3.63. The molecule has 0 saturated carbocycles. The first-order chi connectivity index (χ1) is 17.8. The summed E-state index contributed by atoms with van der Waals surface area (Å²) in [6, 6.07) is 0. The minimum atomic E-state index is -1.28. The van der Waals surface area contributed by atoms with Crippen LogP contribution in [0.15, 0.2) is 15.8 Å². The predicted octanol–water partition coefficient (Wildman–Crippen LogP) is 3.84. The lowest BCUT2D eigenvalue weighted by molar-refractivity contribution is -0.134. The number of aliphatic hydroxyl groups is 2. The van der Waals surface area contributed by atoms with Gasteiger partial charge >= 0.3 is 5.69 Å². The second kappa shape index (κ2) is 16.8. The summed E-state index contributed by atoms with van der Waals surface area (Å²) in [5.74, 6) is -0.0484. The Kier molecular flexibility index (Phi) is 14.2. The lowest BCUT2D eigenvalue weighted by Crippen LogP contribution is -2.46. The van der Waals surface area contributed by atoms with E-state index in [0.717, 1.165) is 19.3 Å². The highest BCUT2D eigenvalue weighted by atomic mass is 16.6. The van der Waals surface area contributed by atoms with Crippen molar-refractivity contribution in [3.63, 3.8) is 0 Å². The predicted molar refractivity (Wildman–Crippen MR) is 145 cm³/mol. The number of hydrogen-bond acceptors (Lipinski definition) is 6. The number of nitrogens with one attached hydrogen (secondary N) is 2. The van der Waals surface area contributed by atoms with Crippen molar-refractivity contribution in [2.75, 3.05) is 13.2 Å². The molecule has 0 radical (unpaired) electrons. The third kappa shape index (κ3) is 10.4. The smallest absolute Gasteiger partial charge is 0.330 e. The Bertz CT molecular complexity index is 914. The molecule has 2 heterocycles. The van der Waals surface area contributed by atoms with Crippen LogP contribution in [-0.2, 0) is 9.53 Å². The minimum absolute atomic E-state index is 0.0484. The quantitative estimate of drug-likeness (QED) is 0.204. The van der Waals surface area contributed by atoms with Gasteiger partial charge in [0.15, 0.2) is 0 Å². The maximum absolute atomic E-state index is 12.2. The molecule has 9 nitrogen and oxygen atoms in total. The van der Waals surface area contributed by atoms with Gasteiger partial charge in [0.25, 0.3) is 5.56 Å². The van der Waals surface area contributed by atoms with Crippen LogP contribution in [0.5, 0.6) is 0 Å². The number of aryl methyl sites for hydroxylation is 1. The number of amides is 1. The Labute approximate surface area is 221 Å². The third-order valence-corrected chi connectivity index (χ3v) is 7.50. The van der Waals surface area contributed by atoms with Crippen molar-refractivity contribution >= 4 is 5.91 Å². The van der Waals surface area contributed by atoms with Gasteiger partial charge in [-0.05, 0) is 19.8 Å². The monoisotopic (exact) mass is 523 g/mol. The van der Waals surface area contributed by atoms with E-state index >= 15 is 0 Å². The number of ether oxygens (including phenoxy) is 1. The van der Waals surface area contributed by atoms with Crippen LogP contribution >= 0.6 is 0 Å². The standard InChI is InChI=1S/C28H49N3O6/c1-3-4-5-6-7-8-9-10-11-12-13-14-15-16-24(34)29-18-17-28(21-32)23(33)19-25(37-28)31-20-22(2)26(35)30-27(31)36/h20,23,25,32-33H,3-19,21H2,1-2H3,(H,29,34)(H,30,35,36)/t23-,25+,28+/m0/s1. The van der Waals surface area contributed by atoms with Gasteiger partial charge in [-0.3, -0.25) is 19.1 Å². The molecule has 9 heteroatoms. The van der Waals surface area contributed by atoms with E-state index in [4.69, 9.17) is 4.74 Å². The molecule has 4 N–H and O–H groups in total. The molecule has 0 aliphatic carbocycles. The molecule has 0 unspecified atom stereocenters. The Balaban J connectivity index is 1.59. The molecule has 0 bridgehead atoms. The summed E-state index contributed by atoms with van der Waals surface area (Å²) in [5, 5.41) is 23.4. The Morgan fingerprint density at radius 2 is 1.62 bits per heavy atom. The van der Waals surface area contributed by atoms with Crippen molar-refractivity contribution in [1.82, 2.24) is 14.9 Å². The number of nitrogens with zero attached hydrogens (tertiary/aromatic N) is 1. The van der Waals surface area contributed by atoms with Crippen LogP contribution in [0.4, 0.5) is 0 Å². The second-order valence-corrected chi connectivity index (χ2v) is 10.6. The zero-order chi connectivity index (χ0) is 27.1. The van der Waals surface area contributed by atoms with Crippen LogP contribution in [-0.4, -0.2) is 50.5 Å². The number of carbonyl (C=O) groups is 1. The van der Waals surface area contributed by atoms with E-state index in [1.807, 2.05) is 0 Å². The van der Waals surface area contributed by atoms with Crippen molar-refractivity contribution in [2.24, 2.45) is 0 Å². The van der Waals surface area contributed by atoms with Crippen LogP contribution in [0.25, 0.3) is 0 Å². The highest BCUT2D eigenvalue weighted by Gasteiger charge is 2.48. The first-order valence-corrected chi connectivity index (χ1v) is 14.4. The third-order valence-electron chi connectivity index (χ3n) is 7.50. The van der Waals surface area contributed by atoms with Gasteiger partial charge in [0.1, 0.15) is 11.8 Å². The SMILES string of the molecule is CCCCCCCCCCCCCCCC(=O)NCC[C@]1(CO)O[C@@H](n2cc(C)c(=O)[nH]c2=O)C[C@@H]1O. The van der Waals surface area contributed by atoms with Crippen molar-refractivity contribution in [3.05, 3.63) is 32.6 Å².